The van der Waals surface area contributed by atoms with Crippen LogP contribution >= 0.6 is 23.6 Å². The van der Waals surface area contributed by atoms with Crippen LogP contribution in [0.25, 0.3) is 0 Å². The standard InChI is InChI=1S/C6H11N3O2S3/c1-14(10,11)4-2-3-7-5-8-9-6(12)13-5/h2-4H2,1H3,(H,7,8)(H,9,12). The van der Waals surface area contributed by atoms with Gasteiger partial charge in [0.05, 0.1) is 5.75 Å². The molecular formula is C6H11N3O2S3. The third kappa shape index (κ3) is 4.68. The number of hydrogen-bond acceptors (Lipinski definition) is 6. The molecule has 8 heteroatoms. The molecular weight excluding hydrogens is 242 g/mol. The van der Waals surface area contributed by atoms with Crippen molar-refractivity contribution in [1.29, 1.82) is 0 Å². The summed E-state index contributed by atoms with van der Waals surface area (Å²) in [6.45, 7) is 0.587. The Kier molecular flexibility index (Phi) is 4.02. The van der Waals surface area contributed by atoms with Crippen LogP contribution < -0.4 is 5.32 Å². The number of rotatable bonds is 5. The van der Waals surface area contributed by atoms with Gasteiger partial charge in [-0.3, -0.25) is 5.10 Å². The number of nitrogens with one attached hydrogen (secondary N) is 2. The molecule has 0 spiro atoms. The number of aromatic nitrogens is 2. The minimum absolute atomic E-state index is 0.190. The van der Waals surface area contributed by atoms with Crippen LogP contribution in [0.2, 0.25) is 0 Å². The van der Waals surface area contributed by atoms with Crippen LogP contribution in [0.15, 0.2) is 0 Å². The Labute approximate surface area is 91.5 Å². The zero-order chi connectivity index (χ0) is 10.6. The first-order chi connectivity index (χ1) is 6.47. The molecule has 0 aromatic carbocycles. The number of anilines is 1. The third-order valence-electron chi connectivity index (χ3n) is 1.41. The molecule has 0 unspecified atom stereocenters. The second-order valence-corrected chi connectivity index (χ2v) is 6.75. The van der Waals surface area contributed by atoms with Gasteiger partial charge in [0.25, 0.3) is 0 Å². The lowest BCUT2D eigenvalue weighted by atomic mass is 10.5. The Hall–Kier alpha value is -0.470. The fourth-order valence-electron chi connectivity index (χ4n) is 0.835. The molecule has 5 nitrogen and oxygen atoms in total. The van der Waals surface area contributed by atoms with E-state index in [1.165, 1.54) is 17.6 Å². The minimum atomic E-state index is -2.86. The molecule has 1 aromatic rings. The van der Waals surface area contributed by atoms with Gasteiger partial charge in [-0.25, -0.2) is 8.42 Å². The highest BCUT2D eigenvalue weighted by atomic mass is 32.2. The number of nitrogens with zero attached hydrogens (tertiary/aromatic N) is 1. The van der Waals surface area contributed by atoms with Crippen LogP contribution in [-0.2, 0) is 9.84 Å². The van der Waals surface area contributed by atoms with Crippen molar-refractivity contribution in [3.05, 3.63) is 3.95 Å². The van der Waals surface area contributed by atoms with Crippen LogP contribution in [0.5, 0.6) is 0 Å². The van der Waals surface area contributed by atoms with Crippen molar-refractivity contribution in [3.8, 4) is 0 Å². The molecule has 0 radical (unpaired) electrons. The highest BCUT2D eigenvalue weighted by Gasteiger charge is 2.01. The van der Waals surface area contributed by atoms with Gasteiger partial charge in [-0.1, -0.05) is 11.3 Å². The molecule has 14 heavy (non-hydrogen) atoms. The lowest BCUT2D eigenvalue weighted by Crippen LogP contribution is -2.09. The van der Waals surface area contributed by atoms with Gasteiger partial charge in [0.1, 0.15) is 9.84 Å². The number of aromatic amines is 1. The lowest BCUT2D eigenvalue weighted by molar-refractivity contribution is 0.600. The molecule has 0 saturated heterocycles. The van der Waals surface area contributed by atoms with Gasteiger partial charge in [0.2, 0.25) is 5.13 Å². The summed E-state index contributed by atoms with van der Waals surface area (Å²) in [5.74, 6) is 0.190. The van der Waals surface area contributed by atoms with Crippen molar-refractivity contribution >= 4 is 38.5 Å². The lowest BCUT2D eigenvalue weighted by Gasteiger charge is -2.00. The van der Waals surface area contributed by atoms with Gasteiger partial charge < -0.3 is 5.32 Å². The molecule has 0 saturated carbocycles. The predicted octanol–water partition coefficient (Wildman–Crippen LogP) is 1.05. The second-order valence-electron chi connectivity index (χ2n) is 2.83. The molecule has 1 heterocycles. The van der Waals surface area contributed by atoms with Gasteiger partial charge in [0, 0.05) is 12.8 Å². The number of hydrogen-bond donors (Lipinski definition) is 2. The Morgan fingerprint density at radius 1 is 1.64 bits per heavy atom. The maximum Gasteiger partial charge on any atom is 0.204 e. The van der Waals surface area contributed by atoms with Gasteiger partial charge in [0.15, 0.2) is 3.95 Å². The van der Waals surface area contributed by atoms with Crippen LogP contribution in [0.1, 0.15) is 6.42 Å². The van der Waals surface area contributed by atoms with E-state index in [0.29, 0.717) is 22.1 Å². The zero-order valence-corrected chi connectivity index (χ0v) is 10.1. The van der Waals surface area contributed by atoms with E-state index in [1.54, 1.807) is 0 Å². The highest BCUT2D eigenvalue weighted by molar-refractivity contribution is 7.90. The largest absolute Gasteiger partial charge is 0.360 e. The molecule has 0 fully saturated rings. The van der Waals surface area contributed by atoms with Crippen molar-refractivity contribution in [2.24, 2.45) is 0 Å². The molecule has 0 aliphatic heterocycles. The Balaban J connectivity index is 2.26. The summed E-state index contributed by atoms with van der Waals surface area (Å²) in [7, 11) is -2.86. The van der Waals surface area contributed by atoms with Crippen LogP contribution in [0, 0.1) is 3.95 Å². The Bertz CT molecular complexity index is 433. The van der Waals surface area contributed by atoms with E-state index in [1.807, 2.05) is 0 Å². The highest BCUT2D eigenvalue weighted by Crippen LogP contribution is 2.10. The van der Waals surface area contributed by atoms with E-state index in [0.717, 1.165) is 0 Å². The molecule has 0 aliphatic carbocycles. The van der Waals surface area contributed by atoms with Crippen LogP contribution in [0.4, 0.5) is 5.13 Å². The maximum absolute atomic E-state index is 10.8. The molecule has 0 bridgehead atoms. The smallest absolute Gasteiger partial charge is 0.204 e. The summed E-state index contributed by atoms with van der Waals surface area (Å²) >= 11 is 6.17. The van der Waals surface area contributed by atoms with Crippen molar-refractivity contribution in [1.82, 2.24) is 10.2 Å². The zero-order valence-electron chi connectivity index (χ0n) is 7.61. The molecule has 0 aliphatic rings. The first-order valence-corrected chi connectivity index (χ1v) is 7.23. The normalized spacial score (nSPS) is 11.5. The van der Waals surface area contributed by atoms with E-state index >= 15 is 0 Å². The van der Waals surface area contributed by atoms with E-state index in [9.17, 15) is 8.42 Å². The first kappa shape index (κ1) is 11.6. The summed E-state index contributed by atoms with van der Waals surface area (Å²) in [6.07, 6.45) is 1.80. The number of H-pyrrole nitrogens is 1. The van der Waals surface area contributed by atoms with E-state index in [2.05, 4.69) is 15.5 Å². The first-order valence-electron chi connectivity index (χ1n) is 3.94. The molecule has 0 amide bonds. The van der Waals surface area contributed by atoms with Crippen LogP contribution in [-0.4, -0.2) is 37.2 Å². The van der Waals surface area contributed by atoms with Gasteiger partial charge in [-0.15, -0.1) is 5.10 Å². The van der Waals surface area contributed by atoms with Crippen LogP contribution in [0.3, 0.4) is 0 Å². The summed E-state index contributed by atoms with van der Waals surface area (Å²) in [5.41, 5.74) is 0. The predicted molar refractivity (Wildman–Crippen MR) is 60.1 cm³/mol. The van der Waals surface area contributed by atoms with Crippen molar-refractivity contribution in [2.45, 2.75) is 6.42 Å². The molecule has 1 rings (SSSR count). The van der Waals surface area contributed by atoms with Crippen molar-refractivity contribution in [3.63, 3.8) is 0 Å². The Morgan fingerprint density at radius 3 is 2.86 bits per heavy atom. The summed E-state index contributed by atoms with van der Waals surface area (Å²) in [5, 5.41) is 10.2. The van der Waals surface area contributed by atoms with Crippen molar-refractivity contribution in [2.75, 3.05) is 23.9 Å². The topological polar surface area (TPSA) is 74.8 Å². The quantitative estimate of drug-likeness (QED) is 0.606. The fraction of sp³-hybridized carbons (Fsp3) is 0.667. The average Bonchev–Trinajstić information content (AvgIpc) is 2.44. The molecule has 2 N–H and O–H groups in total. The summed E-state index contributed by atoms with van der Waals surface area (Å²) in [4.78, 5) is 0. The molecule has 0 atom stereocenters. The maximum atomic E-state index is 10.8. The third-order valence-corrected chi connectivity index (χ3v) is 3.48. The van der Waals surface area contributed by atoms with Crippen molar-refractivity contribution < 1.29 is 8.42 Å². The Morgan fingerprint density at radius 2 is 2.36 bits per heavy atom. The summed E-state index contributed by atoms with van der Waals surface area (Å²) in [6, 6.07) is 0. The minimum Gasteiger partial charge on any atom is -0.360 e. The average molecular weight is 253 g/mol. The van der Waals surface area contributed by atoms with E-state index in [-0.39, 0.29) is 5.75 Å². The van der Waals surface area contributed by atoms with Gasteiger partial charge in [-0.05, 0) is 18.6 Å². The molecule has 1 aromatic heterocycles. The van der Waals surface area contributed by atoms with E-state index < -0.39 is 9.84 Å². The second kappa shape index (κ2) is 4.85. The summed E-state index contributed by atoms with van der Waals surface area (Å²) < 4.78 is 22.2. The van der Waals surface area contributed by atoms with E-state index in [4.69, 9.17) is 12.2 Å². The number of sulfone groups is 1. The fourth-order valence-corrected chi connectivity index (χ4v) is 2.32. The molecule has 80 valence electrons. The van der Waals surface area contributed by atoms with Gasteiger partial charge >= 0.3 is 0 Å². The van der Waals surface area contributed by atoms with Gasteiger partial charge in [-0.2, -0.15) is 0 Å². The SMILES string of the molecule is CS(=O)(=O)CCCNc1n[nH]c(=S)s1. The monoisotopic (exact) mass is 253 g/mol.